The highest BCUT2D eigenvalue weighted by atomic mass is 16.5. The molecule has 1 aromatic rings. The lowest BCUT2D eigenvalue weighted by atomic mass is 9.81. The number of aromatic nitrogens is 2. The minimum Gasteiger partial charge on any atom is -0.462 e. The van der Waals surface area contributed by atoms with Crippen molar-refractivity contribution in [1.82, 2.24) is 15.3 Å². The fourth-order valence-electron chi connectivity index (χ4n) is 2.68. The number of hydrogen-bond donors (Lipinski definition) is 1. The molecule has 6 heteroatoms. The van der Waals surface area contributed by atoms with Crippen LogP contribution in [0.1, 0.15) is 23.7 Å². The highest BCUT2D eigenvalue weighted by molar-refractivity contribution is 5.88. The summed E-state index contributed by atoms with van der Waals surface area (Å²) in [5, 5.41) is 3.33. The molecule has 19 heavy (non-hydrogen) atoms. The van der Waals surface area contributed by atoms with Gasteiger partial charge in [0.15, 0.2) is 0 Å². The van der Waals surface area contributed by atoms with Crippen molar-refractivity contribution >= 4 is 11.9 Å². The van der Waals surface area contributed by atoms with Crippen molar-refractivity contribution in [3.8, 4) is 0 Å². The molecule has 2 fully saturated rings. The molecule has 3 heterocycles. The maximum Gasteiger partial charge on any atom is 0.341 e. The van der Waals surface area contributed by atoms with E-state index in [0.717, 1.165) is 26.2 Å². The van der Waals surface area contributed by atoms with Crippen LogP contribution in [0.2, 0.25) is 0 Å². The number of nitrogens with one attached hydrogen (secondary N) is 1. The summed E-state index contributed by atoms with van der Waals surface area (Å²) in [7, 11) is 0. The van der Waals surface area contributed by atoms with Gasteiger partial charge in [0.2, 0.25) is 5.95 Å². The standard InChI is InChI=1S/C13H18N4O2/c1-2-19-11(18)10-5-15-12(16-6-10)17-4-3-13(9-17)7-14-8-13/h5-6,14H,2-4,7-9H2,1H3. The number of anilines is 1. The minimum absolute atomic E-state index is 0.363. The molecule has 2 aliphatic rings. The van der Waals surface area contributed by atoms with Gasteiger partial charge in [-0.15, -0.1) is 0 Å². The lowest BCUT2D eigenvalue weighted by Gasteiger charge is -2.38. The summed E-state index contributed by atoms with van der Waals surface area (Å²) in [5.74, 6) is 0.340. The van der Waals surface area contributed by atoms with Gasteiger partial charge in [-0.3, -0.25) is 0 Å². The first kappa shape index (κ1) is 12.3. The number of carbonyl (C=O) groups is 1. The van der Waals surface area contributed by atoms with Crippen LogP contribution in [0.25, 0.3) is 0 Å². The van der Waals surface area contributed by atoms with Gasteiger partial charge < -0.3 is 15.0 Å². The monoisotopic (exact) mass is 262 g/mol. The molecule has 6 nitrogen and oxygen atoms in total. The average molecular weight is 262 g/mol. The normalized spacial score (nSPS) is 20.4. The summed E-state index contributed by atoms with van der Waals surface area (Å²) in [6.07, 6.45) is 4.28. The van der Waals surface area contributed by atoms with E-state index in [-0.39, 0.29) is 5.97 Å². The van der Waals surface area contributed by atoms with Gasteiger partial charge in [0.05, 0.1) is 12.2 Å². The predicted octanol–water partition coefficient (Wildman–Crippen LogP) is 0.453. The third-order valence-corrected chi connectivity index (χ3v) is 3.87. The molecule has 0 aromatic carbocycles. The lowest BCUT2D eigenvalue weighted by molar-refractivity contribution is 0.0525. The number of nitrogens with zero attached hydrogens (tertiary/aromatic N) is 3. The number of ether oxygens (including phenoxy) is 1. The predicted molar refractivity (Wildman–Crippen MR) is 70.1 cm³/mol. The fraction of sp³-hybridized carbons (Fsp3) is 0.615. The first-order valence-electron chi connectivity index (χ1n) is 6.67. The van der Waals surface area contributed by atoms with Crippen molar-refractivity contribution in [2.45, 2.75) is 13.3 Å². The smallest absolute Gasteiger partial charge is 0.341 e. The first-order chi connectivity index (χ1) is 9.22. The van der Waals surface area contributed by atoms with Crippen molar-refractivity contribution in [2.75, 3.05) is 37.7 Å². The average Bonchev–Trinajstić information content (AvgIpc) is 2.84. The van der Waals surface area contributed by atoms with Crippen LogP contribution in [0, 0.1) is 5.41 Å². The van der Waals surface area contributed by atoms with Crippen LogP contribution < -0.4 is 10.2 Å². The summed E-state index contributed by atoms with van der Waals surface area (Å²) in [4.78, 5) is 22.3. The number of carbonyl (C=O) groups excluding carboxylic acids is 1. The molecule has 0 saturated carbocycles. The van der Waals surface area contributed by atoms with Crippen LogP contribution in [-0.2, 0) is 4.74 Å². The largest absolute Gasteiger partial charge is 0.462 e. The maximum atomic E-state index is 11.5. The minimum atomic E-state index is -0.366. The fourth-order valence-corrected chi connectivity index (χ4v) is 2.68. The molecule has 2 saturated heterocycles. The number of rotatable bonds is 3. The highest BCUT2D eigenvalue weighted by Gasteiger charge is 2.43. The molecule has 0 radical (unpaired) electrons. The van der Waals surface area contributed by atoms with Crippen molar-refractivity contribution in [3.05, 3.63) is 18.0 Å². The molecule has 102 valence electrons. The zero-order chi connectivity index (χ0) is 13.3. The van der Waals surface area contributed by atoms with E-state index in [0.29, 0.717) is 23.5 Å². The Balaban J connectivity index is 1.67. The Morgan fingerprint density at radius 1 is 1.47 bits per heavy atom. The highest BCUT2D eigenvalue weighted by Crippen LogP contribution is 2.35. The molecule has 1 N–H and O–H groups in total. The lowest BCUT2D eigenvalue weighted by Crippen LogP contribution is -2.54. The Morgan fingerprint density at radius 3 is 2.74 bits per heavy atom. The summed E-state index contributed by atoms with van der Waals surface area (Å²) < 4.78 is 4.91. The summed E-state index contributed by atoms with van der Waals surface area (Å²) in [6.45, 7) is 6.31. The van der Waals surface area contributed by atoms with Crippen molar-refractivity contribution in [1.29, 1.82) is 0 Å². The van der Waals surface area contributed by atoms with Crippen molar-refractivity contribution in [3.63, 3.8) is 0 Å². The van der Waals surface area contributed by atoms with Gasteiger partial charge in [-0.05, 0) is 13.3 Å². The molecule has 0 bridgehead atoms. The summed E-state index contributed by atoms with van der Waals surface area (Å²) in [5.41, 5.74) is 0.827. The van der Waals surface area contributed by atoms with E-state index in [4.69, 9.17) is 4.74 Å². The molecule has 0 unspecified atom stereocenters. The van der Waals surface area contributed by atoms with Gasteiger partial charge in [-0.1, -0.05) is 0 Å². The van der Waals surface area contributed by atoms with Gasteiger partial charge in [0.1, 0.15) is 0 Å². The second-order valence-corrected chi connectivity index (χ2v) is 5.27. The Hall–Kier alpha value is -1.69. The van der Waals surface area contributed by atoms with Gasteiger partial charge >= 0.3 is 5.97 Å². The van der Waals surface area contributed by atoms with E-state index in [1.807, 2.05) is 0 Å². The Labute approximate surface area is 112 Å². The van der Waals surface area contributed by atoms with Crippen LogP contribution >= 0.6 is 0 Å². The molecule has 0 aliphatic carbocycles. The van der Waals surface area contributed by atoms with Crippen LogP contribution in [0.4, 0.5) is 5.95 Å². The molecule has 3 rings (SSSR count). The molecule has 0 atom stereocenters. The zero-order valence-corrected chi connectivity index (χ0v) is 11.1. The van der Waals surface area contributed by atoms with Gasteiger partial charge in [0.25, 0.3) is 0 Å². The molecule has 2 aliphatic heterocycles. The van der Waals surface area contributed by atoms with Gasteiger partial charge in [-0.2, -0.15) is 0 Å². The molecular weight excluding hydrogens is 244 g/mol. The third kappa shape index (κ3) is 2.28. The Bertz CT molecular complexity index is 470. The number of esters is 1. The zero-order valence-electron chi connectivity index (χ0n) is 11.1. The second-order valence-electron chi connectivity index (χ2n) is 5.27. The van der Waals surface area contributed by atoms with Gasteiger partial charge in [0, 0.05) is 44.0 Å². The number of hydrogen-bond acceptors (Lipinski definition) is 6. The van der Waals surface area contributed by atoms with E-state index in [1.165, 1.54) is 6.42 Å². The molecule has 0 amide bonds. The van der Waals surface area contributed by atoms with Crippen molar-refractivity contribution in [2.24, 2.45) is 5.41 Å². The molecule has 1 spiro atoms. The Morgan fingerprint density at radius 2 is 2.21 bits per heavy atom. The van der Waals surface area contributed by atoms with Crippen LogP contribution in [0.5, 0.6) is 0 Å². The van der Waals surface area contributed by atoms with Crippen LogP contribution in [0.3, 0.4) is 0 Å². The second kappa shape index (κ2) is 4.77. The topological polar surface area (TPSA) is 67.3 Å². The quantitative estimate of drug-likeness (QED) is 0.798. The van der Waals surface area contributed by atoms with E-state index < -0.39 is 0 Å². The molecular formula is C13H18N4O2. The summed E-state index contributed by atoms with van der Waals surface area (Å²) >= 11 is 0. The summed E-state index contributed by atoms with van der Waals surface area (Å²) in [6, 6.07) is 0. The Kier molecular flexibility index (Phi) is 3.10. The van der Waals surface area contributed by atoms with Crippen molar-refractivity contribution < 1.29 is 9.53 Å². The molecule has 1 aromatic heterocycles. The van der Waals surface area contributed by atoms with Gasteiger partial charge in [-0.25, -0.2) is 14.8 Å². The van der Waals surface area contributed by atoms with Crippen LogP contribution in [-0.4, -0.2) is 48.7 Å². The van der Waals surface area contributed by atoms with E-state index in [9.17, 15) is 4.79 Å². The van der Waals surface area contributed by atoms with E-state index in [2.05, 4.69) is 20.2 Å². The third-order valence-electron chi connectivity index (χ3n) is 3.87. The maximum absolute atomic E-state index is 11.5. The SMILES string of the molecule is CCOC(=O)c1cnc(N2CCC3(CNC3)C2)nc1. The van der Waals surface area contributed by atoms with E-state index in [1.54, 1.807) is 19.3 Å². The van der Waals surface area contributed by atoms with E-state index >= 15 is 0 Å². The first-order valence-corrected chi connectivity index (χ1v) is 6.67. The van der Waals surface area contributed by atoms with Crippen LogP contribution in [0.15, 0.2) is 12.4 Å².